The number of hydrogen-bond donors (Lipinski definition) is 1. The molecule has 1 saturated heterocycles. The maximum Gasteiger partial charge on any atom is 0.322 e. The molecule has 1 aliphatic rings. The van der Waals surface area contributed by atoms with Gasteiger partial charge in [-0.1, -0.05) is 15.9 Å². The van der Waals surface area contributed by atoms with Crippen molar-refractivity contribution in [3.8, 4) is 0 Å². The van der Waals surface area contributed by atoms with Gasteiger partial charge < -0.3 is 15.4 Å². The number of anilines is 1. The zero-order chi connectivity index (χ0) is 13.1. The van der Waals surface area contributed by atoms with Crippen LogP contribution in [-0.4, -0.2) is 32.2 Å². The zero-order valence-electron chi connectivity index (χ0n) is 10.3. The van der Waals surface area contributed by atoms with E-state index in [0.717, 1.165) is 29.7 Å². The second kappa shape index (κ2) is 5.71. The Morgan fingerprint density at radius 2 is 2.17 bits per heavy atom. The van der Waals surface area contributed by atoms with E-state index in [0.29, 0.717) is 0 Å². The van der Waals surface area contributed by atoms with Gasteiger partial charge in [-0.15, -0.1) is 0 Å². The number of methoxy groups -OCH3 is 1. The Hall–Kier alpha value is -1.07. The lowest BCUT2D eigenvalue weighted by Gasteiger charge is -2.20. The van der Waals surface area contributed by atoms with E-state index >= 15 is 0 Å². The molecule has 2 rings (SSSR count). The Balaban J connectivity index is 2.00. The van der Waals surface area contributed by atoms with E-state index in [1.165, 1.54) is 7.11 Å². The van der Waals surface area contributed by atoms with E-state index in [-0.39, 0.29) is 11.9 Å². The second-order valence-electron chi connectivity index (χ2n) is 4.52. The molecule has 98 valence electrons. The van der Waals surface area contributed by atoms with Crippen molar-refractivity contribution in [1.29, 1.82) is 0 Å². The molecule has 0 bridgehead atoms. The molecule has 4 nitrogen and oxygen atoms in total. The first-order valence-corrected chi connectivity index (χ1v) is 6.75. The van der Waals surface area contributed by atoms with Gasteiger partial charge in [0, 0.05) is 29.2 Å². The van der Waals surface area contributed by atoms with E-state index < -0.39 is 6.04 Å². The predicted molar refractivity (Wildman–Crippen MR) is 74.5 cm³/mol. The van der Waals surface area contributed by atoms with Gasteiger partial charge in [0.2, 0.25) is 0 Å². The van der Waals surface area contributed by atoms with Gasteiger partial charge in [-0.3, -0.25) is 4.79 Å². The van der Waals surface area contributed by atoms with Crippen molar-refractivity contribution in [1.82, 2.24) is 0 Å². The summed E-state index contributed by atoms with van der Waals surface area (Å²) < 4.78 is 5.76. The molecule has 0 saturated carbocycles. The molecule has 0 amide bonds. The lowest BCUT2D eigenvalue weighted by molar-refractivity contribution is -0.143. The first-order valence-electron chi connectivity index (χ1n) is 5.95. The van der Waals surface area contributed by atoms with E-state index in [2.05, 4.69) is 33.0 Å². The summed E-state index contributed by atoms with van der Waals surface area (Å²) in [6, 6.07) is 7.65. The molecule has 5 heteroatoms. The Labute approximate surface area is 115 Å². The maximum absolute atomic E-state index is 11.4. The number of carbonyl (C=O) groups excluding carboxylic acids is 1. The minimum absolute atomic E-state index is 0.168. The summed E-state index contributed by atoms with van der Waals surface area (Å²) in [5.74, 6) is -0.154. The van der Waals surface area contributed by atoms with Gasteiger partial charge in [-0.25, -0.2) is 0 Å². The monoisotopic (exact) mass is 312 g/mol. The summed E-state index contributed by atoms with van der Waals surface area (Å²) in [5.41, 5.74) is 7.05. The summed E-state index contributed by atoms with van der Waals surface area (Å²) >= 11 is 3.42. The largest absolute Gasteiger partial charge is 0.468 e. The first kappa shape index (κ1) is 13.4. The quantitative estimate of drug-likeness (QED) is 0.864. The molecule has 0 radical (unpaired) electrons. The van der Waals surface area contributed by atoms with Gasteiger partial charge in [0.15, 0.2) is 0 Å². The maximum atomic E-state index is 11.4. The molecule has 1 aromatic rings. The number of nitrogens with zero attached hydrogens (tertiary/aromatic N) is 1. The average molecular weight is 313 g/mol. The molecule has 0 spiro atoms. The first-order chi connectivity index (χ1) is 8.61. The lowest BCUT2D eigenvalue weighted by atomic mass is 10.0. The summed E-state index contributed by atoms with van der Waals surface area (Å²) in [5, 5.41) is 0. The van der Waals surface area contributed by atoms with Crippen molar-refractivity contribution in [3.05, 3.63) is 28.7 Å². The van der Waals surface area contributed by atoms with Crippen LogP contribution in [0.2, 0.25) is 0 Å². The normalized spacial score (nSPS) is 20.8. The van der Waals surface area contributed by atoms with E-state index in [9.17, 15) is 4.79 Å². The Morgan fingerprint density at radius 3 is 2.78 bits per heavy atom. The number of benzene rings is 1. The highest BCUT2D eigenvalue weighted by Gasteiger charge is 2.32. The van der Waals surface area contributed by atoms with Crippen LogP contribution >= 0.6 is 15.9 Å². The number of rotatable bonds is 3. The molecule has 2 unspecified atom stereocenters. The van der Waals surface area contributed by atoms with Crippen LogP contribution in [0.25, 0.3) is 0 Å². The van der Waals surface area contributed by atoms with Crippen LogP contribution < -0.4 is 10.6 Å². The molecule has 1 aliphatic heterocycles. The van der Waals surface area contributed by atoms with Crippen LogP contribution in [0.5, 0.6) is 0 Å². The summed E-state index contributed by atoms with van der Waals surface area (Å²) in [6.45, 7) is 1.73. The molecule has 1 aromatic carbocycles. The molecule has 0 aliphatic carbocycles. The molecule has 1 heterocycles. The van der Waals surface area contributed by atoms with Crippen LogP contribution in [0, 0.1) is 5.92 Å². The number of carbonyl (C=O) groups is 1. The van der Waals surface area contributed by atoms with Crippen molar-refractivity contribution in [3.63, 3.8) is 0 Å². The fourth-order valence-electron chi connectivity index (χ4n) is 2.30. The van der Waals surface area contributed by atoms with Crippen molar-refractivity contribution < 1.29 is 9.53 Å². The van der Waals surface area contributed by atoms with Crippen LogP contribution in [-0.2, 0) is 9.53 Å². The fourth-order valence-corrected chi connectivity index (χ4v) is 2.56. The molecule has 2 N–H and O–H groups in total. The highest BCUT2D eigenvalue weighted by atomic mass is 79.9. The van der Waals surface area contributed by atoms with Gasteiger partial charge in [0.1, 0.15) is 6.04 Å². The Kier molecular flexibility index (Phi) is 4.24. The highest BCUT2D eigenvalue weighted by Crippen LogP contribution is 2.26. The summed E-state index contributed by atoms with van der Waals surface area (Å²) in [4.78, 5) is 13.7. The van der Waals surface area contributed by atoms with Crippen molar-refractivity contribution in [2.75, 3.05) is 25.1 Å². The smallest absolute Gasteiger partial charge is 0.322 e. The minimum Gasteiger partial charge on any atom is -0.468 e. The number of halogens is 1. The van der Waals surface area contributed by atoms with Gasteiger partial charge in [-0.05, 0) is 30.7 Å². The van der Waals surface area contributed by atoms with Gasteiger partial charge in [-0.2, -0.15) is 0 Å². The van der Waals surface area contributed by atoms with Crippen molar-refractivity contribution >= 4 is 27.6 Å². The van der Waals surface area contributed by atoms with Crippen LogP contribution in [0.3, 0.4) is 0 Å². The van der Waals surface area contributed by atoms with Crippen LogP contribution in [0.4, 0.5) is 5.69 Å². The molecule has 2 atom stereocenters. The number of ether oxygens (including phenoxy) is 1. The number of hydrogen-bond acceptors (Lipinski definition) is 4. The number of nitrogens with two attached hydrogens (primary N) is 1. The topological polar surface area (TPSA) is 55.6 Å². The molecular weight excluding hydrogens is 296 g/mol. The highest BCUT2D eigenvalue weighted by molar-refractivity contribution is 9.10. The predicted octanol–water partition coefficient (Wildman–Crippen LogP) is 1.78. The van der Waals surface area contributed by atoms with Crippen LogP contribution in [0.15, 0.2) is 28.7 Å². The zero-order valence-corrected chi connectivity index (χ0v) is 11.9. The standard InChI is InChI=1S/C13H17BrN2O2/c1-18-13(17)12(15)9-6-7-16(8-9)11-4-2-10(14)3-5-11/h2-5,9,12H,6-8,15H2,1H3. The van der Waals surface area contributed by atoms with Gasteiger partial charge >= 0.3 is 5.97 Å². The Morgan fingerprint density at radius 1 is 1.50 bits per heavy atom. The molecule has 0 aromatic heterocycles. The summed E-state index contributed by atoms with van der Waals surface area (Å²) in [7, 11) is 1.38. The third kappa shape index (κ3) is 2.84. The fraction of sp³-hybridized carbons (Fsp3) is 0.462. The third-order valence-electron chi connectivity index (χ3n) is 3.40. The minimum atomic E-state index is -0.518. The van der Waals surface area contributed by atoms with E-state index in [1.54, 1.807) is 0 Å². The summed E-state index contributed by atoms with van der Waals surface area (Å²) in [6.07, 6.45) is 0.923. The van der Waals surface area contributed by atoms with Gasteiger partial charge in [0.05, 0.1) is 7.11 Å². The molecule has 18 heavy (non-hydrogen) atoms. The molecular formula is C13H17BrN2O2. The van der Waals surface area contributed by atoms with E-state index in [1.807, 2.05) is 12.1 Å². The van der Waals surface area contributed by atoms with E-state index in [4.69, 9.17) is 10.5 Å². The molecule has 1 fully saturated rings. The average Bonchev–Trinajstić information content (AvgIpc) is 2.87. The Bertz CT molecular complexity index is 422. The number of esters is 1. The van der Waals surface area contributed by atoms with Crippen molar-refractivity contribution in [2.24, 2.45) is 11.7 Å². The van der Waals surface area contributed by atoms with Crippen LogP contribution in [0.1, 0.15) is 6.42 Å². The lowest BCUT2D eigenvalue weighted by Crippen LogP contribution is -2.40. The van der Waals surface area contributed by atoms with Crippen molar-refractivity contribution in [2.45, 2.75) is 12.5 Å². The SMILES string of the molecule is COC(=O)C(N)C1CCN(c2ccc(Br)cc2)C1. The van der Waals surface area contributed by atoms with Gasteiger partial charge in [0.25, 0.3) is 0 Å². The second-order valence-corrected chi connectivity index (χ2v) is 5.44. The third-order valence-corrected chi connectivity index (χ3v) is 3.93.